The fourth-order valence-corrected chi connectivity index (χ4v) is 1.08. The quantitative estimate of drug-likeness (QED) is 0.617. The second-order valence-electron chi connectivity index (χ2n) is 3.02. The molecule has 1 amide bonds. The van der Waals surface area contributed by atoms with Crippen LogP contribution in [0.3, 0.4) is 0 Å². The zero-order valence-electron chi connectivity index (χ0n) is 8.43. The lowest BCUT2D eigenvalue weighted by atomic mass is 10.1. The van der Waals surface area contributed by atoms with Crippen LogP contribution >= 0.6 is 0 Å². The molecule has 4 N–H and O–H groups in total. The van der Waals surface area contributed by atoms with Crippen molar-refractivity contribution in [2.24, 2.45) is 5.73 Å². The number of nitrogens with two attached hydrogens (primary N) is 1. The van der Waals surface area contributed by atoms with Gasteiger partial charge in [-0.15, -0.1) is 0 Å². The van der Waals surface area contributed by atoms with Gasteiger partial charge in [-0.25, -0.2) is 9.59 Å². The number of carbonyl (C=O) groups is 3. The number of aromatic carboxylic acids is 2. The van der Waals surface area contributed by atoms with Crippen LogP contribution in [0.2, 0.25) is 0 Å². The Morgan fingerprint density at radius 3 is 1.82 bits per heavy atom. The van der Waals surface area contributed by atoms with Gasteiger partial charge in [-0.1, -0.05) is 5.92 Å². The molecule has 0 radical (unpaired) electrons. The van der Waals surface area contributed by atoms with Crippen molar-refractivity contribution >= 4 is 17.8 Å². The van der Waals surface area contributed by atoms with Crippen LogP contribution < -0.4 is 5.73 Å². The van der Waals surface area contributed by atoms with E-state index in [0.717, 1.165) is 18.2 Å². The summed E-state index contributed by atoms with van der Waals surface area (Å²) in [5, 5.41) is 17.5. The Labute approximate surface area is 95.7 Å². The maximum atomic E-state index is 10.7. The molecule has 1 rings (SSSR count). The van der Waals surface area contributed by atoms with Crippen molar-refractivity contribution in [3.8, 4) is 11.8 Å². The molecule has 1 aromatic carbocycles. The molecule has 86 valence electrons. The molecular weight excluding hydrogens is 226 g/mol. The van der Waals surface area contributed by atoms with E-state index in [-0.39, 0.29) is 16.7 Å². The number of primary amides is 1. The van der Waals surface area contributed by atoms with Crippen LogP contribution in [0.5, 0.6) is 0 Å². The Bertz CT molecular complexity index is 533. The van der Waals surface area contributed by atoms with Gasteiger partial charge in [-0.2, -0.15) is 0 Å². The van der Waals surface area contributed by atoms with Gasteiger partial charge in [-0.3, -0.25) is 4.79 Å². The van der Waals surface area contributed by atoms with E-state index < -0.39 is 17.8 Å². The van der Waals surface area contributed by atoms with Crippen LogP contribution in [-0.2, 0) is 4.79 Å². The summed E-state index contributed by atoms with van der Waals surface area (Å²) >= 11 is 0. The Hall–Kier alpha value is -2.81. The summed E-state index contributed by atoms with van der Waals surface area (Å²) in [5.41, 5.74) is 4.44. The van der Waals surface area contributed by atoms with Gasteiger partial charge in [0.05, 0.1) is 11.1 Å². The zero-order chi connectivity index (χ0) is 13.0. The molecule has 0 unspecified atom stereocenters. The molecule has 0 saturated heterocycles. The molecule has 6 heteroatoms. The van der Waals surface area contributed by atoms with E-state index in [2.05, 4.69) is 5.92 Å². The van der Waals surface area contributed by atoms with Gasteiger partial charge in [0, 0.05) is 5.56 Å². The van der Waals surface area contributed by atoms with Crippen molar-refractivity contribution in [1.29, 1.82) is 0 Å². The summed E-state index contributed by atoms with van der Waals surface area (Å²) < 4.78 is 0. The third-order valence-electron chi connectivity index (χ3n) is 1.76. The third kappa shape index (κ3) is 3.35. The second-order valence-corrected chi connectivity index (χ2v) is 3.02. The molecular formula is C11H7NO5. The molecule has 0 aliphatic heterocycles. The minimum absolute atomic E-state index is 0.0982. The minimum Gasteiger partial charge on any atom is -0.478 e. The number of amides is 1. The molecule has 0 aromatic heterocycles. The predicted octanol–water partition coefficient (Wildman–Crippen LogP) is -0.0802. The second kappa shape index (κ2) is 4.81. The number of carboxylic acids is 2. The van der Waals surface area contributed by atoms with E-state index in [1.54, 1.807) is 0 Å². The maximum absolute atomic E-state index is 10.7. The first-order valence-corrected chi connectivity index (χ1v) is 4.33. The molecule has 0 saturated carbocycles. The average molecular weight is 233 g/mol. The molecule has 0 aliphatic carbocycles. The topological polar surface area (TPSA) is 118 Å². The highest BCUT2D eigenvalue weighted by Gasteiger charge is 2.10. The van der Waals surface area contributed by atoms with Crippen molar-refractivity contribution in [3.05, 3.63) is 34.9 Å². The average Bonchev–Trinajstić information content (AvgIpc) is 2.25. The van der Waals surface area contributed by atoms with Crippen molar-refractivity contribution < 1.29 is 24.6 Å². The Morgan fingerprint density at radius 1 is 1.00 bits per heavy atom. The normalized spacial score (nSPS) is 8.94. The van der Waals surface area contributed by atoms with Gasteiger partial charge < -0.3 is 15.9 Å². The van der Waals surface area contributed by atoms with Crippen molar-refractivity contribution in [3.63, 3.8) is 0 Å². The van der Waals surface area contributed by atoms with Crippen LogP contribution in [0.25, 0.3) is 0 Å². The highest BCUT2D eigenvalue weighted by atomic mass is 16.4. The number of rotatable bonds is 2. The van der Waals surface area contributed by atoms with Crippen LogP contribution in [0, 0.1) is 11.8 Å². The van der Waals surface area contributed by atoms with Crippen LogP contribution in [-0.4, -0.2) is 28.1 Å². The Balaban J connectivity index is 3.33. The third-order valence-corrected chi connectivity index (χ3v) is 1.76. The largest absolute Gasteiger partial charge is 0.478 e. The molecule has 0 aliphatic rings. The lowest BCUT2D eigenvalue weighted by Gasteiger charge is -1.99. The lowest BCUT2D eigenvalue weighted by molar-refractivity contribution is -0.112. The van der Waals surface area contributed by atoms with Gasteiger partial charge in [0.1, 0.15) is 0 Å². The number of hydrogen-bond donors (Lipinski definition) is 3. The van der Waals surface area contributed by atoms with E-state index in [4.69, 9.17) is 15.9 Å². The SMILES string of the molecule is NC(=O)C#Cc1cc(C(=O)O)cc(C(=O)O)c1. The summed E-state index contributed by atoms with van der Waals surface area (Å²) in [7, 11) is 0. The van der Waals surface area contributed by atoms with Crippen molar-refractivity contribution in [2.45, 2.75) is 0 Å². The minimum atomic E-state index is -1.28. The fraction of sp³-hybridized carbons (Fsp3) is 0. The van der Waals surface area contributed by atoms with E-state index in [1.807, 2.05) is 5.92 Å². The molecule has 6 nitrogen and oxygen atoms in total. The zero-order valence-corrected chi connectivity index (χ0v) is 8.43. The van der Waals surface area contributed by atoms with E-state index in [0.29, 0.717) is 0 Å². The monoisotopic (exact) mass is 233 g/mol. The van der Waals surface area contributed by atoms with E-state index in [1.165, 1.54) is 0 Å². The summed E-state index contributed by atoms with van der Waals surface area (Å²) in [6.07, 6.45) is 0. The van der Waals surface area contributed by atoms with E-state index in [9.17, 15) is 14.4 Å². The number of carbonyl (C=O) groups excluding carboxylic acids is 1. The van der Waals surface area contributed by atoms with Gasteiger partial charge in [-0.05, 0) is 24.1 Å². The van der Waals surface area contributed by atoms with Crippen LogP contribution in [0.15, 0.2) is 18.2 Å². The first-order valence-electron chi connectivity index (χ1n) is 4.33. The molecule has 1 aromatic rings. The number of hydrogen-bond acceptors (Lipinski definition) is 3. The van der Waals surface area contributed by atoms with Crippen LogP contribution in [0.1, 0.15) is 26.3 Å². The van der Waals surface area contributed by atoms with E-state index >= 15 is 0 Å². The number of carboxylic acid groups (broad SMARTS) is 2. The summed E-state index contributed by atoms with van der Waals surface area (Å²) in [6.45, 7) is 0. The molecule has 0 heterocycles. The first-order chi connectivity index (χ1) is 7.90. The standard InChI is InChI=1S/C11H7NO5/c12-9(13)2-1-6-3-7(10(14)15)5-8(4-6)11(16)17/h3-5H,(H2,12,13)(H,14,15)(H,16,17). The smallest absolute Gasteiger partial charge is 0.335 e. The van der Waals surface area contributed by atoms with Crippen molar-refractivity contribution in [1.82, 2.24) is 0 Å². The molecule has 17 heavy (non-hydrogen) atoms. The van der Waals surface area contributed by atoms with Crippen molar-refractivity contribution in [2.75, 3.05) is 0 Å². The molecule has 0 spiro atoms. The Morgan fingerprint density at radius 2 is 1.47 bits per heavy atom. The first kappa shape index (κ1) is 12.3. The highest BCUT2D eigenvalue weighted by Crippen LogP contribution is 2.10. The molecule has 0 bridgehead atoms. The molecule has 0 fully saturated rings. The lowest BCUT2D eigenvalue weighted by Crippen LogP contribution is -2.06. The summed E-state index contributed by atoms with van der Waals surface area (Å²) in [5.74, 6) is 0.830. The number of benzene rings is 1. The van der Waals surface area contributed by atoms with Gasteiger partial charge >= 0.3 is 11.9 Å². The summed E-state index contributed by atoms with van der Waals surface area (Å²) in [6, 6.07) is 3.32. The Kier molecular flexibility index (Phi) is 3.47. The fourth-order valence-electron chi connectivity index (χ4n) is 1.08. The van der Waals surface area contributed by atoms with Gasteiger partial charge in [0.15, 0.2) is 0 Å². The maximum Gasteiger partial charge on any atom is 0.335 e. The summed E-state index contributed by atoms with van der Waals surface area (Å²) in [4.78, 5) is 31.9. The van der Waals surface area contributed by atoms with Gasteiger partial charge in [0.2, 0.25) is 0 Å². The van der Waals surface area contributed by atoms with Gasteiger partial charge in [0.25, 0.3) is 5.91 Å². The molecule has 0 atom stereocenters. The predicted molar refractivity (Wildman–Crippen MR) is 56.4 cm³/mol. The highest BCUT2D eigenvalue weighted by molar-refractivity contribution is 5.95. The van der Waals surface area contributed by atoms with Crippen LogP contribution in [0.4, 0.5) is 0 Å².